The van der Waals surface area contributed by atoms with Crippen LogP contribution in [-0.2, 0) is 14.3 Å². The number of carbonyl (C=O) groups is 2. The molecule has 2 aromatic rings. The fourth-order valence-electron chi connectivity index (χ4n) is 5.33. The lowest BCUT2D eigenvalue weighted by Gasteiger charge is -2.29. The number of hydrogen-bond donors (Lipinski definition) is 1. The number of hydrogen-bond acceptors (Lipinski definition) is 7. The fraction of sp³-hybridized carbons (Fsp3) is 0.455. The second-order valence-corrected chi connectivity index (χ2v) is 10.5. The molecule has 8 heteroatoms. The summed E-state index contributed by atoms with van der Waals surface area (Å²) in [7, 11) is 0. The first-order valence-electron chi connectivity index (χ1n) is 14.6. The van der Waals surface area contributed by atoms with Crippen molar-refractivity contribution in [2.75, 3.05) is 52.6 Å². The Morgan fingerprint density at radius 1 is 1.02 bits per heavy atom. The van der Waals surface area contributed by atoms with E-state index >= 15 is 0 Å². The molecule has 0 aromatic heterocycles. The normalized spacial score (nSPS) is 19.0. The average Bonchev–Trinajstić information content (AvgIpc) is 3.24. The highest BCUT2D eigenvalue weighted by Gasteiger charge is 2.46. The molecule has 2 saturated heterocycles. The smallest absolute Gasteiger partial charge is 0.295 e. The van der Waals surface area contributed by atoms with Crippen LogP contribution in [0.5, 0.6) is 11.5 Å². The van der Waals surface area contributed by atoms with E-state index in [1.165, 1.54) is 0 Å². The number of ether oxygens (including phenoxy) is 3. The summed E-state index contributed by atoms with van der Waals surface area (Å²) in [5.41, 5.74) is 2.07. The SMILES string of the molecule is C=CCOc1ccc(/C(O)=C2\C(=O)C(=O)N(CCCN3CCOCC3)C2c2ccc(OCCCCC)cc2)c(C)c1. The van der Waals surface area contributed by atoms with E-state index < -0.39 is 17.7 Å². The Morgan fingerprint density at radius 2 is 1.76 bits per heavy atom. The van der Waals surface area contributed by atoms with Crippen molar-refractivity contribution in [3.8, 4) is 11.5 Å². The van der Waals surface area contributed by atoms with Gasteiger partial charge >= 0.3 is 0 Å². The summed E-state index contributed by atoms with van der Waals surface area (Å²) >= 11 is 0. The van der Waals surface area contributed by atoms with E-state index in [1.807, 2.05) is 31.2 Å². The van der Waals surface area contributed by atoms with Gasteiger partial charge in [0.25, 0.3) is 11.7 Å². The predicted octanol–water partition coefficient (Wildman–Crippen LogP) is 5.27. The van der Waals surface area contributed by atoms with Gasteiger partial charge in [-0.2, -0.15) is 0 Å². The number of amides is 1. The largest absolute Gasteiger partial charge is 0.507 e. The fourth-order valence-corrected chi connectivity index (χ4v) is 5.33. The second-order valence-electron chi connectivity index (χ2n) is 10.5. The zero-order valence-corrected chi connectivity index (χ0v) is 24.3. The van der Waals surface area contributed by atoms with Crippen molar-refractivity contribution in [1.29, 1.82) is 0 Å². The number of morpholine rings is 1. The van der Waals surface area contributed by atoms with Gasteiger partial charge in [-0.3, -0.25) is 14.5 Å². The number of unbranched alkanes of at least 4 members (excludes halogenated alkanes) is 2. The Bertz CT molecular complexity index is 1230. The van der Waals surface area contributed by atoms with E-state index in [2.05, 4.69) is 18.4 Å². The average molecular weight is 563 g/mol. The molecule has 1 unspecified atom stereocenters. The first-order valence-corrected chi connectivity index (χ1v) is 14.6. The molecule has 2 aliphatic rings. The summed E-state index contributed by atoms with van der Waals surface area (Å²) in [4.78, 5) is 30.8. The zero-order chi connectivity index (χ0) is 29.2. The van der Waals surface area contributed by atoms with E-state index in [9.17, 15) is 14.7 Å². The van der Waals surface area contributed by atoms with Crippen molar-refractivity contribution in [3.63, 3.8) is 0 Å². The van der Waals surface area contributed by atoms with Crippen LogP contribution in [0.4, 0.5) is 0 Å². The zero-order valence-electron chi connectivity index (χ0n) is 24.3. The quantitative estimate of drug-likeness (QED) is 0.110. The van der Waals surface area contributed by atoms with E-state index in [0.717, 1.165) is 55.8 Å². The minimum atomic E-state index is -0.704. The molecule has 8 nitrogen and oxygen atoms in total. The first-order chi connectivity index (χ1) is 19.9. The molecule has 41 heavy (non-hydrogen) atoms. The molecule has 4 rings (SSSR count). The van der Waals surface area contributed by atoms with Crippen LogP contribution in [0.2, 0.25) is 0 Å². The molecule has 1 amide bonds. The van der Waals surface area contributed by atoms with Gasteiger partial charge in [-0.15, -0.1) is 0 Å². The van der Waals surface area contributed by atoms with E-state index in [1.54, 1.807) is 29.2 Å². The van der Waals surface area contributed by atoms with Gasteiger partial charge in [0.2, 0.25) is 0 Å². The van der Waals surface area contributed by atoms with Gasteiger partial charge in [-0.05, 0) is 61.2 Å². The van der Waals surface area contributed by atoms with Crippen molar-refractivity contribution >= 4 is 17.4 Å². The monoisotopic (exact) mass is 562 g/mol. The molecule has 2 aromatic carbocycles. The number of rotatable bonds is 14. The van der Waals surface area contributed by atoms with Crippen LogP contribution in [0.1, 0.15) is 55.3 Å². The Balaban J connectivity index is 1.64. The number of aliphatic hydroxyl groups excluding tert-OH is 1. The summed E-state index contributed by atoms with van der Waals surface area (Å²) in [5.74, 6) is -0.0856. The summed E-state index contributed by atoms with van der Waals surface area (Å²) < 4.78 is 16.9. The third kappa shape index (κ3) is 7.57. The number of likely N-dealkylation sites (tertiary alicyclic amines) is 1. The number of carbonyl (C=O) groups excluding carboxylic acids is 2. The van der Waals surface area contributed by atoms with Gasteiger partial charge in [0.1, 0.15) is 23.9 Å². The maximum Gasteiger partial charge on any atom is 0.295 e. The number of ketones is 1. The predicted molar refractivity (Wildman–Crippen MR) is 159 cm³/mol. The third-order valence-corrected chi connectivity index (χ3v) is 7.55. The van der Waals surface area contributed by atoms with Crippen LogP contribution in [0, 0.1) is 6.92 Å². The second kappa shape index (κ2) is 14.8. The molecule has 1 N–H and O–H groups in total. The van der Waals surface area contributed by atoms with E-state index in [4.69, 9.17) is 14.2 Å². The van der Waals surface area contributed by atoms with Gasteiger partial charge in [0.15, 0.2) is 0 Å². The van der Waals surface area contributed by atoms with Gasteiger partial charge in [0.05, 0.1) is 31.4 Å². The maximum atomic E-state index is 13.5. The van der Waals surface area contributed by atoms with Crippen LogP contribution >= 0.6 is 0 Å². The van der Waals surface area contributed by atoms with Gasteiger partial charge in [-0.25, -0.2) is 0 Å². The van der Waals surface area contributed by atoms with Gasteiger partial charge < -0.3 is 24.2 Å². The highest BCUT2D eigenvalue weighted by molar-refractivity contribution is 6.46. The molecule has 2 heterocycles. The summed E-state index contributed by atoms with van der Waals surface area (Å²) in [6, 6.07) is 12.1. The number of nitrogens with zero attached hydrogens (tertiary/aromatic N) is 2. The lowest BCUT2D eigenvalue weighted by molar-refractivity contribution is -0.140. The highest BCUT2D eigenvalue weighted by Crippen LogP contribution is 2.40. The molecule has 2 aliphatic heterocycles. The minimum Gasteiger partial charge on any atom is -0.507 e. The lowest BCUT2D eigenvalue weighted by Crippen LogP contribution is -2.38. The standard InChI is InChI=1S/C33H42N2O6/c1-4-6-7-20-41-26-11-9-25(10-12-26)30-29(31(36)28-14-13-27(23-24(28)3)40-19-5-2)32(37)33(38)35(30)16-8-15-34-17-21-39-22-18-34/h5,9-14,23,30,36H,2,4,6-8,15-22H2,1,3H3/b31-29+. The molecule has 2 fully saturated rings. The number of aryl methyl sites for hydroxylation is 1. The molecule has 0 radical (unpaired) electrons. The third-order valence-electron chi connectivity index (χ3n) is 7.55. The number of Topliss-reactive ketones (excluding diaryl/α,β-unsaturated/α-hetero) is 1. The van der Waals surface area contributed by atoms with E-state index in [-0.39, 0.29) is 11.3 Å². The van der Waals surface area contributed by atoms with Crippen molar-refractivity contribution in [2.24, 2.45) is 0 Å². The summed E-state index contributed by atoms with van der Waals surface area (Å²) in [6.07, 6.45) is 5.58. The molecular formula is C33H42N2O6. The number of aliphatic hydroxyl groups is 1. The molecule has 220 valence electrons. The molecule has 0 bridgehead atoms. The minimum absolute atomic E-state index is 0.0980. The topological polar surface area (TPSA) is 88.5 Å². The van der Waals surface area contributed by atoms with Crippen LogP contribution in [-0.4, -0.2) is 79.2 Å². The van der Waals surface area contributed by atoms with Crippen LogP contribution in [0.3, 0.4) is 0 Å². The van der Waals surface area contributed by atoms with Crippen molar-refractivity contribution in [2.45, 2.75) is 45.6 Å². The molecule has 0 saturated carbocycles. The molecule has 0 spiro atoms. The van der Waals surface area contributed by atoms with Gasteiger partial charge in [0, 0.05) is 31.7 Å². The van der Waals surface area contributed by atoms with Crippen LogP contribution < -0.4 is 9.47 Å². The van der Waals surface area contributed by atoms with Crippen molar-refractivity contribution in [1.82, 2.24) is 9.80 Å². The Kier molecular flexibility index (Phi) is 11.0. The van der Waals surface area contributed by atoms with Crippen LogP contribution in [0.15, 0.2) is 60.7 Å². The Labute approximate surface area is 243 Å². The Morgan fingerprint density at radius 3 is 2.44 bits per heavy atom. The summed E-state index contributed by atoms with van der Waals surface area (Å²) in [6.45, 7) is 13.0. The Hall–Kier alpha value is -3.62. The van der Waals surface area contributed by atoms with Crippen molar-refractivity contribution in [3.05, 3.63) is 77.4 Å². The molecule has 1 atom stereocenters. The van der Waals surface area contributed by atoms with E-state index in [0.29, 0.717) is 50.7 Å². The van der Waals surface area contributed by atoms with Crippen LogP contribution in [0.25, 0.3) is 5.76 Å². The lowest BCUT2D eigenvalue weighted by atomic mass is 9.93. The first kappa shape index (κ1) is 30.3. The summed E-state index contributed by atoms with van der Waals surface area (Å²) in [5, 5.41) is 11.5. The molecule has 0 aliphatic carbocycles. The molecular weight excluding hydrogens is 520 g/mol. The highest BCUT2D eigenvalue weighted by atomic mass is 16.5. The maximum absolute atomic E-state index is 13.5. The number of benzene rings is 2. The van der Waals surface area contributed by atoms with Gasteiger partial charge in [-0.1, -0.05) is 44.6 Å². The van der Waals surface area contributed by atoms with Crippen molar-refractivity contribution < 1.29 is 28.9 Å².